The molecule has 0 aliphatic carbocycles. The average Bonchev–Trinajstić information content (AvgIpc) is 2.83. The molecule has 7 heteroatoms. The van der Waals surface area contributed by atoms with E-state index in [4.69, 9.17) is 16.3 Å². The second-order valence-corrected chi connectivity index (χ2v) is 8.73. The quantitative estimate of drug-likeness (QED) is 0.421. The van der Waals surface area contributed by atoms with Gasteiger partial charge in [0, 0.05) is 13.1 Å². The molecule has 178 valence electrons. The fourth-order valence-corrected chi connectivity index (χ4v) is 3.59. The predicted octanol–water partition coefficient (Wildman–Crippen LogP) is 5.40. The van der Waals surface area contributed by atoms with E-state index >= 15 is 0 Å². The van der Waals surface area contributed by atoms with Crippen LogP contribution in [0, 0.1) is 11.7 Å². The van der Waals surface area contributed by atoms with E-state index in [1.165, 1.54) is 17.0 Å². The van der Waals surface area contributed by atoms with Gasteiger partial charge in [-0.05, 0) is 41.3 Å². The fraction of sp³-hybridized carbons (Fsp3) is 0.259. The zero-order valence-electron chi connectivity index (χ0n) is 19.2. The van der Waals surface area contributed by atoms with Crippen LogP contribution < -0.4 is 10.1 Å². The minimum absolute atomic E-state index is 0.0969. The van der Waals surface area contributed by atoms with E-state index in [1.807, 2.05) is 32.0 Å². The Morgan fingerprint density at radius 3 is 2.26 bits per heavy atom. The van der Waals surface area contributed by atoms with Crippen LogP contribution in [0.5, 0.6) is 5.75 Å². The monoisotopic (exact) mass is 482 g/mol. The largest absolute Gasteiger partial charge is 0.482 e. The first kappa shape index (κ1) is 25.2. The third-order valence-electron chi connectivity index (χ3n) is 5.13. The number of rotatable bonds is 10. The molecule has 0 aliphatic rings. The first-order chi connectivity index (χ1) is 16.3. The maximum absolute atomic E-state index is 13.5. The maximum Gasteiger partial charge on any atom is 0.261 e. The molecule has 1 atom stereocenters. The Balaban J connectivity index is 1.93. The lowest BCUT2D eigenvalue weighted by Gasteiger charge is -2.32. The molecule has 3 aromatic carbocycles. The van der Waals surface area contributed by atoms with Crippen molar-refractivity contribution in [1.82, 2.24) is 10.2 Å². The number of para-hydroxylation sites is 1. The number of hydrogen-bond donors (Lipinski definition) is 1. The van der Waals surface area contributed by atoms with Crippen LogP contribution in [0.3, 0.4) is 0 Å². The number of nitrogens with one attached hydrogen (secondary N) is 1. The van der Waals surface area contributed by atoms with Crippen molar-refractivity contribution in [3.63, 3.8) is 0 Å². The minimum Gasteiger partial charge on any atom is -0.482 e. The van der Waals surface area contributed by atoms with Gasteiger partial charge in [0.2, 0.25) is 5.91 Å². The minimum atomic E-state index is -0.896. The normalized spacial score (nSPS) is 11.7. The summed E-state index contributed by atoms with van der Waals surface area (Å²) in [6.45, 7) is 4.25. The molecule has 0 heterocycles. The van der Waals surface area contributed by atoms with Crippen LogP contribution in [-0.4, -0.2) is 29.9 Å². The van der Waals surface area contributed by atoms with E-state index < -0.39 is 11.9 Å². The van der Waals surface area contributed by atoms with Crippen LogP contribution in [0.4, 0.5) is 4.39 Å². The zero-order valence-corrected chi connectivity index (χ0v) is 20.0. The summed E-state index contributed by atoms with van der Waals surface area (Å²) in [6.07, 6.45) is 0. The van der Waals surface area contributed by atoms with E-state index in [0.717, 1.165) is 0 Å². The summed E-state index contributed by atoms with van der Waals surface area (Å²) in [5, 5.41) is 3.32. The summed E-state index contributed by atoms with van der Waals surface area (Å²) < 4.78 is 19.2. The molecule has 0 saturated carbocycles. The highest BCUT2D eigenvalue weighted by atomic mass is 35.5. The molecule has 2 amide bonds. The molecule has 0 fully saturated rings. The molecule has 0 aromatic heterocycles. The number of amides is 2. The highest BCUT2D eigenvalue weighted by Crippen LogP contribution is 2.26. The topological polar surface area (TPSA) is 58.6 Å². The summed E-state index contributed by atoms with van der Waals surface area (Å²) in [4.78, 5) is 28.3. The highest BCUT2D eigenvalue weighted by Gasteiger charge is 2.32. The van der Waals surface area contributed by atoms with E-state index in [1.54, 1.807) is 48.5 Å². The van der Waals surface area contributed by atoms with E-state index in [2.05, 4.69) is 5.32 Å². The smallest absolute Gasteiger partial charge is 0.261 e. The van der Waals surface area contributed by atoms with Gasteiger partial charge in [0.15, 0.2) is 6.61 Å². The van der Waals surface area contributed by atoms with Crippen LogP contribution in [0.2, 0.25) is 5.02 Å². The van der Waals surface area contributed by atoms with Gasteiger partial charge in [-0.1, -0.05) is 80.0 Å². The van der Waals surface area contributed by atoms with E-state index in [0.29, 0.717) is 28.4 Å². The van der Waals surface area contributed by atoms with Crippen molar-refractivity contribution in [2.24, 2.45) is 5.92 Å². The van der Waals surface area contributed by atoms with Crippen molar-refractivity contribution in [1.29, 1.82) is 0 Å². The first-order valence-electron chi connectivity index (χ1n) is 11.1. The molecule has 0 bridgehead atoms. The lowest BCUT2D eigenvalue weighted by atomic mass is 10.0. The Hall–Kier alpha value is -3.38. The van der Waals surface area contributed by atoms with Gasteiger partial charge in [-0.25, -0.2) is 4.39 Å². The number of benzene rings is 3. The van der Waals surface area contributed by atoms with Gasteiger partial charge in [0.05, 0.1) is 5.02 Å². The number of ether oxygens (including phenoxy) is 1. The molecule has 34 heavy (non-hydrogen) atoms. The molecule has 1 N–H and O–H groups in total. The third kappa shape index (κ3) is 7.06. The standard InChI is InChI=1S/C27H28ClFN2O3/c1-19(2)16-30-27(33)26(21-8-4-3-5-9-21)31(17-20-12-14-22(29)15-13-20)25(32)18-34-24-11-7-6-10-23(24)28/h3-15,19,26H,16-18H2,1-2H3,(H,30,33)/t26-/m0/s1. The Bertz CT molecular complexity index is 1090. The fourth-order valence-electron chi connectivity index (χ4n) is 3.40. The lowest BCUT2D eigenvalue weighted by molar-refractivity contribution is -0.143. The molecule has 0 unspecified atom stereocenters. The molecule has 0 spiro atoms. The Kier molecular flexibility index (Phi) is 9.05. The van der Waals surface area contributed by atoms with Gasteiger partial charge in [-0.2, -0.15) is 0 Å². The SMILES string of the molecule is CC(C)CNC(=O)[C@H](c1ccccc1)N(Cc1ccc(F)cc1)C(=O)COc1ccccc1Cl. The predicted molar refractivity (Wildman–Crippen MR) is 131 cm³/mol. The van der Waals surface area contributed by atoms with E-state index in [9.17, 15) is 14.0 Å². The van der Waals surface area contributed by atoms with Gasteiger partial charge < -0.3 is 15.0 Å². The third-order valence-corrected chi connectivity index (χ3v) is 5.45. The van der Waals surface area contributed by atoms with Crippen LogP contribution in [0.1, 0.15) is 31.0 Å². The number of carbonyl (C=O) groups excluding carboxylic acids is 2. The van der Waals surface area contributed by atoms with Gasteiger partial charge in [0.25, 0.3) is 5.91 Å². The number of halogens is 2. The number of nitrogens with zero attached hydrogens (tertiary/aromatic N) is 1. The van der Waals surface area contributed by atoms with Crippen molar-refractivity contribution in [3.8, 4) is 5.75 Å². The van der Waals surface area contributed by atoms with E-state index in [-0.39, 0.29) is 30.8 Å². The molecule has 0 saturated heterocycles. The van der Waals surface area contributed by atoms with Crippen molar-refractivity contribution in [2.75, 3.05) is 13.2 Å². The molecular weight excluding hydrogens is 455 g/mol. The summed E-state index contributed by atoms with van der Waals surface area (Å²) in [7, 11) is 0. The number of hydrogen-bond acceptors (Lipinski definition) is 3. The molecule has 3 rings (SSSR count). The highest BCUT2D eigenvalue weighted by molar-refractivity contribution is 6.32. The van der Waals surface area contributed by atoms with Crippen molar-refractivity contribution >= 4 is 23.4 Å². The molecule has 3 aromatic rings. The second kappa shape index (κ2) is 12.2. The Labute approximate surface area is 204 Å². The summed E-state index contributed by atoms with van der Waals surface area (Å²) in [5.41, 5.74) is 1.35. The summed E-state index contributed by atoms with van der Waals surface area (Å²) >= 11 is 6.16. The van der Waals surface area contributed by atoms with Gasteiger partial charge in [-0.15, -0.1) is 0 Å². The summed E-state index contributed by atoms with van der Waals surface area (Å²) in [6, 6.07) is 20.9. The van der Waals surface area contributed by atoms with Crippen LogP contribution in [0.25, 0.3) is 0 Å². The maximum atomic E-state index is 13.5. The van der Waals surface area contributed by atoms with Gasteiger partial charge >= 0.3 is 0 Å². The Morgan fingerprint density at radius 1 is 0.971 bits per heavy atom. The molecular formula is C27H28ClFN2O3. The average molecular weight is 483 g/mol. The van der Waals surface area contributed by atoms with Crippen LogP contribution >= 0.6 is 11.6 Å². The lowest BCUT2D eigenvalue weighted by Crippen LogP contribution is -2.45. The summed E-state index contributed by atoms with van der Waals surface area (Å²) in [5.74, 6) is -0.464. The van der Waals surface area contributed by atoms with Crippen molar-refractivity contribution in [2.45, 2.75) is 26.4 Å². The Morgan fingerprint density at radius 2 is 1.62 bits per heavy atom. The number of carbonyl (C=O) groups is 2. The van der Waals surface area contributed by atoms with Crippen molar-refractivity contribution in [3.05, 3.63) is 101 Å². The second-order valence-electron chi connectivity index (χ2n) is 8.32. The van der Waals surface area contributed by atoms with Crippen LogP contribution in [-0.2, 0) is 16.1 Å². The van der Waals surface area contributed by atoms with Crippen molar-refractivity contribution < 1.29 is 18.7 Å². The first-order valence-corrected chi connectivity index (χ1v) is 11.5. The molecule has 0 aliphatic heterocycles. The molecule has 5 nitrogen and oxygen atoms in total. The molecule has 0 radical (unpaired) electrons. The van der Waals surface area contributed by atoms with Gasteiger partial charge in [-0.3, -0.25) is 9.59 Å². The van der Waals surface area contributed by atoms with Crippen LogP contribution in [0.15, 0.2) is 78.9 Å². The zero-order chi connectivity index (χ0) is 24.5. The van der Waals surface area contributed by atoms with Gasteiger partial charge in [0.1, 0.15) is 17.6 Å².